The molecule has 0 spiro atoms. The van der Waals surface area contributed by atoms with Gasteiger partial charge in [-0.3, -0.25) is 0 Å². The molecule has 0 saturated carbocycles. The monoisotopic (exact) mass is 161 g/mol. The molecule has 0 amide bonds. The number of hydrogen-bond donors (Lipinski definition) is 1. The van der Waals surface area contributed by atoms with E-state index >= 15 is 0 Å². The fraction of sp³-hybridized carbons (Fsp3) is 0.333. The van der Waals surface area contributed by atoms with Gasteiger partial charge in [-0.1, -0.05) is 6.08 Å². The van der Waals surface area contributed by atoms with Crippen LogP contribution in [0.25, 0.3) is 0 Å². The van der Waals surface area contributed by atoms with Crippen molar-refractivity contribution in [3.05, 3.63) is 22.9 Å². The minimum absolute atomic E-state index is 0.567. The Kier molecular flexibility index (Phi) is 2.29. The third-order valence-electron chi connectivity index (χ3n) is 1.80. The highest BCUT2D eigenvalue weighted by Gasteiger charge is 2.07. The van der Waals surface area contributed by atoms with E-state index in [0.717, 1.165) is 5.57 Å². The highest BCUT2D eigenvalue weighted by molar-refractivity contribution is 5.84. The quantitative estimate of drug-likeness (QED) is 0.585. The minimum atomic E-state index is 0.567. The lowest BCUT2D eigenvalue weighted by Crippen LogP contribution is -2.09. The number of rotatable bonds is 0. The van der Waals surface area contributed by atoms with Crippen LogP contribution in [-0.4, -0.2) is 5.84 Å². The molecule has 2 N–H and O–H groups in total. The number of nitrogens with two attached hydrogens (primary N) is 1. The van der Waals surface area contributed by atoms with Crippen molar-refractivity contribution in [2.45, 2.75) is 20.3 Å². The highest BCUT2D eigenvalue weighted by atomic mass is 14.9. The van der Waals surface area contributed by atoms with Gasteiger partial charge in [-0.15, -0.1) is 0 Å². The van der Waals surface area contributed by atoms with Crippen LogP contribution in [0.2, 0.25) is 0 Å². The molecule has 0 aliphatic carbocycles. The van der Waals surface area contributed by atoms with Crippen molar-refractivity contribution >= 4 is 5.84 Å². The third kappa shape index (κ3) is 1.54. The molecule has 1 rings (SSSR count). The van der Waals surface area contributed by atoms with Crippen molar-refractivity contribution in [3.8, 4) is 6.07 Å². The van der Waals surface area contributed by atoms with Gasteiger partial charge < -0.3 is 5.73 Å². The third-order valence-corrected chi connectivity index (χ3v) is 1.80. The summed E-state index contributed by atoms with van der Waals surface area (Å²) in [5, 5.41) is 8.78. The Morgan fingerprint density at radius 2 is 2.25 bits per heavy atom. The van der Waals surface area contributed by atoms with Gasteiger partial charge in [0.25, 0.3) is 0 Å². The van der Waals surface area contributed by atoms with Gasteiger partial charge in [0.05, 0.1) is 11.3 Å². The normalized spacial score (nSPS) is 17.8. The molecule has 3 heteroatoms. The first-order valence-corrected chi connectivity index (χ1v) is 3.76. The maximum Gasteiger partial charge on any atom is 0.103 e. The van der Waals surface area contributed by atoms with E-state index in [1.54, 1.807) is 6.92 Å². The van der Waals surface area contributed by atoms with E-state index in [-0.39, 0.29) is 0 Å². The van der Waals surface area contributed by atoms with E-state index in [0.29, 0.717) is 23.5 Å². The molecule has 0 atom stereocenters. The van der Waals surface area contributed by atoms with Crippen LogP contribution in [0.15, 0.2) is 27.9 Å². The summed E-state index contributed by atoms with van der Waals surface area (Å²) < 4.78 is 0. The van der Waals surface area contributed by atoms with Crippen LogP contribution in [0.4, 0.5) is 0 Å². The van der Waals surface area contributed by atoms with Crippen molar-refractivity contribution in [2.75, 3.05) is 0 Å². The lowest BCUT2D eigenvalue weighted by atomic mass is 10.1. The molecule has 3 nitrogen and oxygen atoms in total. The molecule has 0 radical (unpaired) electrons. The van der Waals surface area contributed by atoms with Gasteiger partial charge in [-0.25, -0.2) is 4.99 Å². The van der Waals surface area contributed by atoms with Gasteiger partial charge in [-0.05, 0) is 19.4 Å². The summed E-state index contributed by atoms with van der Waals surface area (Å²) in [6.45, 7) is 3.70. The molecule has 0 bridgehead atoms. The number of hydrogen-bond acceptors (Lipinski definition) is 3. The molecule has 1 heterocycles. The Morgan fingerprint density at radius 1 is 1.58 bits per heavy atom. The minimum Gasteiger partial charge on any atom is -0.387 e. The van der Waals surface area contributed by atoms with E-state index in [9.17, 15) is 0 Å². The first kappa shape index (κ1) is 8.54. The highest BCUT2D eigenvalue weighted by Crippen LogP contribution is 2.17. The molecule has 0 aromatic rings. The van der Waals surface area contributed by atoms with Gasteiger partial charge in [-0.2, -0.15) is 5.26 Å². The fourth-order valence-corrected chi connectivity index (χ4v) is 1.13. The second-order valence-electron chi connectivity index (χ2n) is 2.77. The SMILES string of the molecule is CC1=CCC(N)=NC(C)=C1C#N. The molecule has 0 aromatic heterocycles. The summed E-state index contributed by atoms with van der Waals surface area (Å²) >= 11 is 0. The maximum atomic E-state index is 8.78. The fourth-order valence-electron chi connectivity index (χ4n) is 1.13. The van der Waals surface area contributed by atoms with Crippen molar-refractivity contribution in [1.29, 1.82) is 5.26 Å². The van der Waals surface area contributed by atoms with Crippen LogP contribution in [0, 0.1) is 11.3 Å². The molecule has 1 aliphatic heterocycles. The van der Waals surface area contributed by atoms with Gasteiger partial charge in [0.15, 0.2) is 0 Å². The summed E-state index contributed by atoms with van der Waals surface area (Å²) in [7, 11) is 0. The van der Waals surface area contributed by atoms with Crippen molar-refractivity contribution in [2.24, 2.45) is 10.7 Å². The Hall–Kier alpha value is -1.56. The van der Waals surface area contributed by atoms with Crippen LogP contribution >= 0.6 is 0 Å². The Morgan fingerprint density at radius 3 is 2.83 bits per heavy atom. The lowest BCUT2D eigenvalue weighted by molar-refractivity contribution is 1.23. The molecule has 62 valence electrons. The van der Waals surface area contributed by atoms with Crippen LogP contribution in [-0.2, 0) is 0 Å². The summed E-state index contributed by atoms with van der Waals surface area (Å²) in [5.41, 5.74) is 7.87. The van der Waals surface area contributed by atoms with Crippen molar-refractivity contribution < 1.29 is 0 Å². The summed E-state index contributed by atoms with van der Waals surface area (Å²) in [5.74, 6) is 0.567. The predicted octanol–water partition coefficient (Wildman–Crippen LogP) is 1.49. The van der Waals surface area contributed by atoms with Crippen LogP contribution in [0.3, 0.4) is 0 Å². The zero-order valence-electron chi connectivity index (χ0n) is 7.26. The van der Waals surface area contributed by atoms with Gasteiger partial charge in [0.1, 0.15) is 11.9 Å². The molecule has 0 aromatic carbocycles. The standard InChI is InChI=1S/C9H11N3/c1-6-3-4-9(11)12-7(2)8(6)5-10/h3H,4H2,1-2H3,(H2,11,12). The largest absolute Gasteiger partial charge is 0.387 e. The summed E-state index contributed by atoms with van der Waals surface area (Å²) in [6, 6.07) is 2.11. The Balaban J connectivity index is 3.21. The second-order valence-corrected chi connectivity index (χ2v) is 2.77. The number of allylic oxidation sites excluding steroid dienone is 3. The molecular weight excluding hydrogens is 150 g/mol. The molecule has 1 aliphatic rings. The Labute approximate surface area is 71.9 Å². The molecule has 0 fully saturated rings. The number of nitrogens with zero attached hydrogens (tertiary/aromatic N) is 2. The smallest absolute Gasteiger partial charge is 0.103 e. The Bertz CT molecular complexity index is 326. The maximum absolute atomic E-state index is 8.78. The van der Waals surface area contributed by atoms with Gasteiger partial charge in [0.2, 0.25) is 0 Å². The van der Waals surface area contributed by atoms with E-state index in [2.05, 4.69) is 11.1 Å². The van der Waals surface area contributed by atoms with Gasteiger partial charge in [0, 0.05) is 6.42 Å². The topological polar surface area (TPSA) is 62.2 Å². The molecular formula is C9H11N3. The lowest BCUT2D eigenvalue weighted by Gasteiger charge is -1.96. The summed E-state index contributed by atoms with van der Waals surface area (Å²) in [4.78, 5) is 4.08. The van der Waals surface area contributed by atoms with Gasteiger partial charge >= 0.3 is 0 Å². The predicted molar refractivity (Wildman–Crippen MR) is 48.3 cm³/mol. The second kappa shape index (κ2) is 3.22. The van der Waals surface area contributed by atoms with E-state index in [1.807, 2.05) is 13.0 Å². The van der Waals surface area contributed by atoms with Crippen LogP contribution in [0.1, 0.15) is 20.3 Å². The molecule has 0 unspecified atom stereocenters. The zero-order chi connectivity index (χ0) is 9.14. The average Bonchev–Trinajstić information content (AvgIpc) is 2.12. The number of amidine groups is 1. The van der Waals surface area contributed by atoms with Crippen molar-refractivity contribution in [1.82, 2.24) is 0 Å². The van der Waals surface area contributed by atoms with E-state index < -0.39 is 0 Å². The van der Waals surface area contributed by atoms with E-state index in [4.69, 9.17) is 11.0 Å². The first-order valence-electron chi connectivity index (χ1n) is 3.76. The number of aliphatic imine (C=N–C) groups is 1. The molecule has 0 saturated heterocycles. The zero-order valence-corrected chi connectivity index (χ0v) is 7.26. The first-order chi connectivity index (χ1) is 5.65. The van der Waals surface area contributed by atoms with Crippen molar-refractivity contribution in [3.63, 3.8) is 0 Å². The number of nitriles is 1. The average molecular weight is 161 g/mol. The molecule has 12 heavy (non-hydrogen) atoms. The van der Waals surface area contributed by atoms with E-state index in [1.165, 1.54) is 0 Å². The summed E-state index contributed by atoms with van der Waals surface area (Å²) in [6.07, 6.45) is 2.56. The van der Waals surface area contributed by atoms with Crippen LogP contribution in [0.5, 0.6) is 0 Å². The van der Waals surface area contributed by atoms with Crippen LogP contribution < -0.4 is 5.73 Å².